The summed E-state index contributed by atoms with van der Waals surface area (Å²) in [5, 5.41) is 10.1. The fourth-order valence-electron chi connectivity index (χ4n) is 3.24. The fraction of sp³-hybridized carbons (Fsp3) is 0.136. The number of nitrogens with zero attached hydrogens (tertiary/aromatic N) is 4. The Balaban J connectivity index is 1.94. The minimum Gasteiger partial charge on any atom is -0.508 e. The van der Waals surface area contributed by atoms with Crippen molar-refractivity contribution in [2.75, 3.05) is 6.54 Å². The highest BCUT2D eigenvalue weighted by Crippen LogP contribution is 2.16. The molecule has 0 aliphatic rings. The predicted molar refractivity (Wildman–Crippen MR) is 110 cm³/mol. The standard InChI is InChI=1S/C22H19N5O2/c23-10-9-18-20(8-2-5-16-4-1-6-17(28)14-16)27(26-13-12-24-15-26)22-19(21(18)29)7-3-11-25-22/h1,3-4,6-7,11-15,28H,5,9-10,23H2. The lowest BCUT2D eigenvalue weighted by Gasteiger charge is -2.16. The number of phenolic OH excluding ortho intramolecular Hbond substituents is 1. The maximum atomic E-state index is 13.1. The highest BCUT2D eigenvalue weighted by atomic mass is 16.3. The van der Waals surface area contributed by atoms with E-state index in [1.807, 2.05) is 6.07 Å². The molecular weight excluding hydrogens is 366 g/mol. The van der Waals surface area contributed by atoms with Gasteiger partial charge in [0.2, 0.25) is 0 Å². The van der Waals surface area contributed by atoms with E-state index in [-0.39, 0.29) is 11.2 Å². The summed E-state index contributed by atoms with van der Waals surface area (Å²) in [7, 11) is 0. The highest BCUT2D eigenvalue weighted by Gasteiger charge is 2.17. The number of hydrogen-bond acceptors (Lipinski definition) is 5. The van der Waals surface area contributed by atoms with Crippen molar-refractivity contribution in [1.82, 2.24) is 19.3 Å². The molecular formula is C22H19N5O2. The number of imidazole rings is 1. The van der Waals surface area contributed by atoms with E-state index in [0.29, 0.717) is 41.7 Å². The average molecular weight is 385 g/mol. The minimum absolute atomic E-state index is 0.114. The summed E-state index contributed by atoms with van der Waals surface area (Å²) in [6, 6.07) is 10.4. The van der Waals surface area contributed by atoms with Crippen LogP contribution in [0.3, 0.4) is 0 Å². The van der Waals surface area contributed by atoms with Crippen LogP contribution in [0.2, 0.25) is 0 Å². The second kappa shape index (κ2) is 8.00. The Hall–Kier alpha value is -3.89. The van der Waals surface area contributed by atoms with Crippen molar-refractivity contribution in [3.8, 4) is 17.6 Å². The first-order valence-electron chi connectivity index (χ1n) is 9.17. The molecule has 3 aromatic heterocycles. The largest absolute Gasteiger partial charge is 0.508 e. The molecule has 3 N–H and O–H groups in total. The topological polar surface area (TPSA) is 99.0 Å². The van der Waals surface area contributed by atoms with Gasteiger partial charge in [0.05, 0.1) is 5.39 Å². The lowest BCUT2D eigenvalue weighted by Crippen LogP contribution is -2.25. The molecule has 144 valence electrons. The van der Waals surface area contributed by atoms with E-state index in [1.54, 1.807) is 64.6 Å². The van der Waals surface area contributed by atoms with Crippen LogP contribution in [0.15, 0.2) is 66.1 Å². The van der Waals surface area contributed by atoms with E-state index in [2.05, 4.69) is 21.8 Å². The molecule has 3 heterocycles. The van der Waals surface area contributed by atoms with Crippen molar-refractivity contribution in [2.24, 2.45) is 5.73 Å². The van der Waals surface area contributed by atoms with Gasteiger partial charge in [-0.05, 0) is 48.7 Å². The van der Waals surface area contributed by atoms with Crippen LogP contribution in [-0.2, 0) is 12.8 Å². The Morgan fingerprint density at radius 3 is 2.83 bits per heavy atom. The van der Waals surface area contributed by atoms with Crippen molar-refractivity contribution >= 4 is 11.0 Å². The molecule has 0 bridgehead atoms. The number of fused-ring (bicyclic) bond motifs is 1. The van der Waals surface area contributed by atoms with Gasteiger partial charge in [0, 0.05) is 30.6 Å². The zero-order chi connectivity index (χ0) is 20.2. The molecule has 7 heteroatoms. The lowest BCUT2D eigenvalue weighted by atomic mass is 10.1. The van der Waals surface area contributed by atoms with Crippen molar-refractivity contribution in [2.45, 2.75) is 12.8 Å². The molecule has 0 amide bonds. The number of hydrogen-bond donors (Lipinski definition) is 2. The third kappa shape index (κ3) is 3.61. The second-order valence-corrected chi connectivity index (χ2v) is 6.47. The van der Waals surface area contributed by atoms with Crippen LogP contribution in [0.1, 0.15) is 16.8 Å². The number of pyridine rings is 2. The van der Waals surface area contributed by atoms with Gasteiger partial charge in [-0.3, -0.25) is 4.79 Å². The number of rotatable bonds is 4. The summed E-state index contributed by atoms with van der Waals surface area (Å²) in [5.41, 5.74) is 8.13. The number of aromatic hydroxyl groups is 1. The molecule has 7 nitrogen and oxygen atoms in total. The van der Waals surface area contributed by atoms with Crippen molar-refractivity contribution in [3.05, 3.63) is 88.4 Å². The van der Waals surface area contributed by atoms with Gasteiger partial charge in [-0.1, -0.05) is 18.1 Å². The Labute approximate surface area is 167 Å². The molecule has 0 saturated carbocycles. The zero-order valence-electron chi connectivity index (χ0n) is 15.6. The van der Waals surface area contributed by atoms with Crippen LogP contribution in [0.25, 0.3) is 11.0 Å². The van der Waals surface area contributed by atoms with Gasteiger partial charge >= 0.3 is 0 Å². The molecule has 0 saturated heterocycles. The Morgan fingerprint density at radius 2 is 2.07 bits per heavy atom. The first-order valence-corrected chi connectivity index (χ1v) is 9.17. The summed E-state index contributed by atoms with van der Waals surface area (Å²) in [5.74, 6) is 6.45. The van der Waals surface area contributed by atoms with Crippen molar-refractivity contribution < 1.29 is 5.11 Å². The van der Waals surface area contributed by atoms with Gasteiger partial charge in [0.1, 0.15) is 17.8 Å². The Morgan fingerprint density at radius 1 is 1.17 bits per heavy atom. The normalized spacial score (nSPS) is 10.7. The third-order valence-corrected chi connectivity index (χ3v) is 4.53. The number of nitrogens with two attached hydrogens (primary N) is 1. The highest BCUT2D eigenvalue weighted by molar-refractivity contribution is 5.77. The minimum atomic E-state index is -0.114. The van der Waals surface area contributed by atoms with Crippen LogP contribution >= 0.6 is 0 Å². The first kappa shape index (κ1) is 18.5. The second-order valence-electron chi connectivity index (χ2n) is 6.47. The fourth-order valence-corrected chi connectivity index (χ4v) is 3.24. The molecule has 0 unspecified atom stereocenters. The molecule has 4 aromatic rings. The lowest BCUT2D eigenvalue weighted by molar-refractivity contribution is 0.475. The number of aromatic nitrogens is 4. The first-order chi connectivity index (χ1) is 14.2. The van der Waals surface area contributed by atoms with E-state index in [1.165, 1.54) is 0 Å². The van der Waals surface area contributed by atoms with E-state index in [4.69, 9.17) is 5.73 Å². The van der Waals surface area contributed by atoms with Crippen LogP contribution in [0.4, 0.5) is 0 Å². The maximum Gasteiger partial charge on any atom is 0.195 e. The molecule has 0 aliphatic heterocycles. The molecule has 0 fully saturated rings. The van der Waals surface area contributed by atoms with Gasteiger partial charge in [-0.2, -0.15) is 0 Å². The SMILES string of the molecule is NCCc1c(C#CCc2cccc(O)c2)n(-n2ccnc2)c2ncccc2c1=O. The number of phenols is 1. The molecule has 0 aliphatic carbocycles. The van der Waals surface area contributed by atoms with Crippen LogP contribution in [0, 0.1) is 11.8 Å². The zero-order valence-corrected chi connectivity index (χ0v) is 15.6. The van der Waals surface area contributed by atoms with Gasteiger partial charge < -0.3 is 10.8 Å². The summed E-state index contributed by atoms with van der Waals surface area (Å²) in [6.07, 6.45) is 7.51. The van der Waals surface area contributed by atoms with Crippen LogP contribution in [-0.4, -0.2) is 31.0 Å². The van der Waals surface area contributed by atoms with Gasteiger partial charge in [-0.15, -0.1) is 0 Å². The summed E-state index contributed by atoms with van der Waals surface area (Å²) in [4.78, 5) is 21.6. The smallest absolute Gasteiger partial charge is 0.195 e. The Kier molecular flexibility index (Phi) is 5.10. The van der Waals surface area contributed by atoms with E-state index in [0.717, 1.165) is 5.56 Å². The van der Waals surface area contributed by atoms with Gasteiger partial charge in [0.15, 0.2) is 11.1 Å². The van der Waals surface area contributed by atoms with E-state index < -0.39 is 0 Å². The van der Waals surface area contributed by atoms with Crippen LogP contribution < -0.4 is 11.2 Å². The quantitative estimate of drug-likeness (QED) is 0.521. The maximum absolute atomic E-state index is 13.1. The average Bonchev–Trinajstić information content (AvgIpc) is 3.25. The van der Waals surface area contributed by atoms with Gasteiger partial charge in [0.25, 0.3) is 0 Å². The third-order valence-electron chi connectivity index (χ3n) is 4.53. The molecule has 1 aromatic carbocycles. The van der Waals surface area contributed by atoms with Gasteiger partial charge in [-0.25, -0.2) is 19.3 Å². The van der Waals surface area contributed by atoms with Crippen molar-refractivity contribution in [3.63, 3.8) is 0 Å². The monoisotopic (exact) mass is 385 g/mol. The van der Waals surface area contributed by atoms with Crippen molar-refractivity contribution in [1.29, 1.82) is 0 Å². The molecule has 0 atom stereocenters. The van der Waals surface area contributed by atoms with E-state index >= 15 is 0 Å². The predicted octanol–water partition coefficient (Wildman–Crippen LogP) is 1.71. The Bertz CT molecular complexity index is 1280. The summed E-state index contributed by atoms with van der Waals surface area (Å²) >= 11 is 0. The number of benzene rings is 1. The van der Waals surface area contributed by atoms with E-state index in [9.17, 15) is 9.90 Å². The van der Waals surface area contributed by atoms with Crippen LogP contribution in [0.5, 0.6) is 5.75 Å². The molecule has 0 spiro atoms. The molecule has 4 rings (SSSR count). The summed E-state index contributed by atoms with van der Waals surface area (Å²) in [6.45, 7) is 0.326. The molecule has 0 radical (unpaired) electrons. The summed E-state index contributed by atoms with van der Waals surface area (Å²) < 4.78 is 3.53. The molecule has 29 heavy (non-hydrogen) atoms.